The van der Waals surface area contributed by atoms with Crippen molar-refractivity contribution in [3.63, 3.8) is 0 Å². The topological polar surface area (TPSA) is 89.0 Å². The third-order valence-corrected chi connectivity index (χ3v) is 3.05. The number of H-pyrrole nitrogens is 1. The zero-order valence-corrected chi connectivity index (χ0v) is 11.7. The third-order valence-electron chi connectivity index (χ3n) is 3.05. The van der Waals surface area contributed by atoms with Crippen molar-refractivity contribution in [3.05, 3.63) is 62.4 Å². The van der Waals surface area contributed by atoms with Gasteiger partial charge in [-0.3, -0.25) is 23.9 Å². The van der Waals surface area contributed by atoms with Crippen LogP contribution in [-0.4, -0.2) is 21.1 Å². The summed E-state index contributed by atoms with van der Waals surface area (Å²) in [5.74, 6) is -0.929. The Morgan fingerprint density at radius 1 is 1.14 bits per heavy atom. The fraction of sp³-hybridized carbons (Fsp3) is 0.200. The van der Waals surface area contributed by atoms with E-state index in [-0.39, 0.29) is 23.5 Å². The van der Waals surface area contributed by atoms with Crippen LogP contribution in [0.2, 0.25) is 0 Å². The van der Waals surface area contributed by atoms with E-state index in [1.807, 2.05) is 0 Å². The van der Waals surface area contributed by atoms with Crippen LogP contribution in [0, 0.1) is 6.92 Å². The molecule has 6 nitrogen and oxygen atoms in total. The summed E-state index contributed by atoms with van der Waals surface area (Å²) >= 11 is 0. The number of hydrogen-bond donors (Lipinski definition) is 1. The highest BCUT2D eigenvalue weighted by atomic mass is 16.2. The maximum absolute atomic E-state index is 12.0. The first kappa shape index (κ1) is 14.6. The summed E-state index contributed by atoms with van der Waals surface area (Å²) in [6, 6.07) is 8.64. The molecule has 0 aliphatic rings. The van der Waals surface area contributed by atoms with Crippen LogP contribution in [0.25, 0.3) is 5.69 Å². The Morgan fingerprint density at radius 2 is 1.76 bits per heavy atom. The molecule has 0 radical (unpaired) electrons. The average molecular weight is 286 g/mol. The molecule has 0 aliphatic carbocycles. The van der Waals surface area contributed by atoms with Gasteiger partial charge < -0.3 is 0 Å². The number of carbonyl (C=O) groups excluding carboxylic acids is 2. The van der Waals surface area contributed by atoms with Gasteiger partial charge in [-0.15, -0.1) is 0 Å². The van der Waals surface area contributed by atoms with Crippen LogP contribution in [0.3, 0.4) is 0 Å². The molecule has 1 N–H and O–H groups in total. The quantitative estimate of drug-likeness (QED) is 0.670. The van der Waals surface area contributed by atoms with Crippen LogP contribution >= 0.6 is 0 Å². The lowest BCUT2D eigenvalue weighted by atomic mass is 10.1. The summed E-state index contributed by atoms with van der Waals surface area (Å²) in [6.45, 7) is 2.78. The molecular formula is C15H14N2O4. The van der Waals surface area contributed by atoms with E-state index < -0.39 is 17.0 Å². The molecule has 0 amide bonds. The molecule has 0 fully saturated rings. The van der Waals surface area contributed by atoms with Crippen molar-refractivity contribution in [1.29, 1.82) is 0 Å². The number of aromatic nitrogens is 2. The van der Waals surface area contributed by atoms with Gasteiger partial charge in [0.2, 0.25) is 0 Å². The lowest BCUT2D eigenvalue weighted by Gasteiger charge is -2.12. The molecule has 0 saturated heterocycles. The van der Waals surface area contributed by atoms with Gasteiger partial charge in [0.05, 0.1) is 12.1 Å². The molecular weight excluding hydrogens is 272 g/mol. The maximum atomic E-state index is 12.0. The minimum Gasteiger partial charge on any atom is -0.300 e. The predicted octanol–water partition coefficient (Wildman–Crippen LogP) is 0.996. The number of aromatic amines is 1. The Balaban J connectivity index is 2.70. The standard InChI is InChI=1S/C15H14N2O4/c1-9(18)8-12(19)13-10(2)17(15(21)16-14(13)20)11-6-4-3-5-7-11/h3-7H,8H2,1-2H3,(H,16,20,21). The summed E-state index contributed by atoms with van der Waals surface area (Å²) < 4.78 is 1.24. The van der Waals surface area contributed by atoms with Gasteiger partial charge in [0.25, 0.3) is 5.56 Å². The summed E-state index contributed by atoms with van der Waals surface area (Å²) in [4.78, 5) is 49.1. The molecule has 2 rings (SSSR count). The maximum Gasteiger partial charge on any atom is 0.333 e. The molecule has 0 spiro atoms. The monoisotopic (exact) mass is 286 g/mol. The van der Waals surface area contributed by atoms with Crippen LogP contribution < -0.4 is 11.2 Å². The highest BCUT2D eigenvalue weighted by molar-refractivity contribution is 6.07. The van der Waals surface area contributed by atoms with E-state index in [1.165, 1.54) is 18.4 Å². The number of nitrogens with one attached hydrogen (secondary N) is 1. The number of hydrogen-bond acceptors (Lipinski definition) is 4. The molecule has 0 atom stereocenters. The van der Waals surface area contributed by atoms with Crippen molar-refractivity contribution in [1.82, 2.24) is 9.55 Å². The molecule has 2 aromatic rings. The van der Waals surface area contributed by atoms with E-state index in [2.05, 4.69) is 4.98 Å². The fourth-order valence-corrected chi connectivity index (χ4v) is 2.17. The Bertz CT molecular complexity index is 816. The van der Waals surface area contributed by atoms with Crippen molar-refractivity contribution < 1.29 is 9.59 Å². The van der Waals surface area contributed by atoms with Crippen molar-refractivity contribution in [2.45, 2.75) is 20.3 Å². The van der Waals surface area contributed by atoms with Crippen molar-refractivity contribution in [2.75, 3.05) is 0 Å². The van der Waals surface area contributed by atoms with E-state index in [4.69, 9.17) is 0 Å². The normalized spacial score (nSPS) is 10.4. The van der Waals surface area contributed by atoms with Crippen molar-refractivity contribution in [2.24, 2.45) is 0 Å². The van der Waals surface area contributed by atoms with Gasteiger partial charge in [-0.05, 0) is 26.0 Å². The number of ketones is 2. The number of carbonyl (C=O) groups is 2. The molecule has 0 bridgehead atoms. The largest absolute Gasteiger partial charge is 0.333 e. The van der Waals surface area contributed by atoms with Gasteiger partial charge in [-0.1, -0.05) is 18.2 Å². The van der Waals surface area contributed by atoms with E-state index in [1.54, 1.807) is 30.3 Å². The number of benzene rings is 1. The Labute approximate surface area is 120 Å². The minimum absolute atomic E-state index is 0.159. The molecule has 1 aromatic carbocycles. The molecule has 1 heterocycles. The lowest BCUT2D eigenvalue weighted by Crippen LogP contribution is -2.35. The Hall–Kier alpha value is -2.76. The van der Waals surface area contributed by atoms with Crippen molar-refractivity contribution >= 4 is 11.6 Å². The van der Waals surface area contributed by atoms with E-state index in [0.29, 0.717) is 5.69 Å². The third kappa shape index (κ3) is 2.89. The Kier molecular flexibility index (Phi) is 3.98. The molecule has 0 aliphatic heterocycles. The molecule has 0 saturated carbocycles. The van der Waals surface area contributed by atoms with Crippen LogP contribution in [0.4, 0.5) is 0 Å². The van der Waals surface area contributed by atoms with Crippen molar-refractivity contribution in [3.8, 4) is 5.69 Å². The smallest absolute Gasteiger partial charge is 0.300 e. The van der Waals surface area contributed by atoms with E-state index in [0.717, 1.165) is 0 Å². The highest BCUT2D eigenvalue weighted by Crippen LogP contribution is 2.10. The highest BCUT2D eigenvalue weighted by Gasteiger charge is 2.19. The second-order valence-corrected chi connectivity index (χ2v) is 4.69. The summed E-state index contributed by atoms with van der Waals surface area (Å²) in [7, 11) is 0. The molecule has 108 valence electrons. The van der Waals surface area contributed by atoms with E-state index in [9.17, 15) is 19.2 Å². The SMILES string of the molecule is CC(=O)CC(=O)c1c(C)n(-c2ccccc2)c(=O)[nH]c1=O. The first-order valence-corrected chi connectivity index (χ1v) is 6.36. The number of rotatable bonds is 4. The van der Waals surface area contributed by atoms with Gasteiger partial charge in [0, 0.05) is 5.69 Å². The minimum atomic E-state index is -0.768. The number of nitrogens with zero attached hydrogens (tertiary/aromatic N) is 1. The summed E-state index contributed by atoms with van der Waals surface area (Å²) in [5, 5.41) is 0. The van der Waals surface area contributed by atoms with Crippen LogP contribution in [-0.2, 0) is 4.79 Å². The van der Waals surface area contributed by atoms with Gasteiger partial charge in [0.1, 0.15) is 11.3 Å². The van der Waals surface area contributed by atoms with Gasteiger partial charge in [-0.2, -0.15) is 0 Å². The average Bonchev–Trinajstić information content (AvgIpc) is 2.38. The van der Waals surface area contributed by atoms with Crippen LogP contribution in [0.15, 0.2) is 39.9 Å². The number of para-hydroxylation sites is 1. The van der Waals surface area contributed by atoms with Gasteiger partial charge in [-0.25, -0.2) is 4.79 Å². The number of Topliss-reactive ketones (excluding diaryl/α,β-unsaturated/α-hetero) is 2. The lowest BCUT2D eigenvalue weighted by molar-refractivity contribution is -0.116. The Morgan fingerprint density at radius 3 is 2.33 bits per heavy atom. The zero-order valence-electron chi connectivity index (χ0n) is 11.7. The summed E-state index contributed by atoms with van der Waals surface area (Å²) in [6.07, 6.45) is -0.364. The fourth-order valence-electron chi connectivity index (χ4n) is 2.17. The van der Waals surface area contributed by atoms with Gasteiger partial charge >= 0.3 is 5.69 Å². The molecule has 6 heteroatoms. The second-order valence-electron chi connectivity index (χ2n) is 4.69. The first-order chi connectivity index (χ1) is 9.91. The summed E-state index contributed by atoms with van der Waals surface area (Å²) in [5.41, 5.74) is -0.790. The molecule has 0 unspecified atom stereocenters. The zero-order chi connectivity index (χ0) is 15.6. The van der Waals surface area contributed by atoms with Gasteiger partial charge in [0.15, 0.2) is 5.78 Å². The van der Waals surface area contributed by atoms with Crippen LogP contribution in [0.1, 0.15) is 29.4 Å². The molecule has 1 aromatic heterocycles. The first-order valence-electron chi connectivity index (χ1n) is 6.36. The second kappa shape index (κ2) is 5.70. The van der Waals surface area contributed by atoms with Crippen LogP contribution in [0.5, 0.6) is 0 Å². The van der Waals surface area contributed by atoms with E-state index >= 15 is 0 Å². The predicted molar refractivity (Wildman–Crippen MR) is 77.0 cm³/mol. The molecule has 21 heavy (non-hydrogen) atoms.